The molecule has 0 saturated carbocycles. The van der Waals surface area contributed by atoms with Crippen molar-refractivity contribution in [1.82, 2.24) is 14.5 Å². The van der Waals surface area contributed by atoms with E-state index in [0.717, 1.165) is 69.2 Å². The average molecular weight is 319 g/mol. The summed E-state index contributed by atoms with van der Waals surface area (Å²) in [4.78, 5) is 40.4. The number of likely N-dealkylation sites (tertiary alicyclic amines) is 1. The van der Waals surface area contributed by atoms with Crippen molar-refractivity contribution in [2.45, 2.75) is 64.3 Å². The van der Waals surface area contributed by atoms with Gasteiger partial charge in [-0.1, -0.05) is 6.42 Å². The number of amides is 1. The standard InChI is InChI=1S/C17H25N3O3/c21-15-9-2-1-5-10-19(15)11-6-12-20-14-8-4-3-7-13(14)16(22)18-17(20)23/h1-12H2,(H,18,22,23). The van der Waals surface area contributed by atoms with E-state index in [1.807, 2.05) is 4.90 Å². The number of nitrogens with one attached hydrogen (secondary N) is 1. The smallest absolute Gasteiger partial charge is 0.328 e. The monoisotopic (exact) mass is 319 g/mol. The van der Waals surface area contributed by atoms with Crippen molar-refractivity contribution >= 4 is 5.91 Å². The molecule has 3 rings (SSSR count). The van der Waals surface area contributed by atoms with Gasteiger partial charge in [0.1, 0.15) is 0 Å². The lowest BCUT2D eigenvalue weighted by molar-refractivity contribution is -0.130. The Bertz CT molecular complexity index is 689. The van der Waals surface area contributed by atoms with Gasteiger partial charge in [-0.25, -0.2) is 4.79 Å². The number of hydrogen-bond acceptors (Lipinski definition) is 3. The summed E-state index contributed by atoms with van der Waals surface area (Å²) in [5, 5.41) is 0. The predicted octanol–water partition coefficient (Wildman–Crippen LogP) is 1.21. The molecule has 1 saturated heterocycles. The van der Waals surface area contributed by atoms with Gasteiger partial charge in [0.2, 0.25) is 5.91 Å². The lowest BCUT2D eigenvalue weighted by atomic mass is 9.97. The molecule has 6 heteroatoms. The van der Waals surface area contributed by atoms with E-state index in [4.69, 9.17) is 0 Å². The van der Waals surface area contributed by atoms with Crippen LogP contribution in [0.4, 0.5) is 0 Å². The molecule has 0 radical (unpaired) electrons. The molecule has 126 valence electrons. The average Bonchev–Trinajstić information content (AvgIpc) is 2.75. The van der Waals surface area contributed by atoms with Gasteiger partial charge in [0.15, 0.2) is 0 Å². The highest BCUT2D eigenvalue weighted by molar-refractivity contribution is 5.76. The minimum absolute atomic E-state index is 0.219. The third-order valence-corrected chi connectivity index (χ3v) is 4.99. The van der Waals surface area contributed by atoms with E-state index in [1.165, 1.54) is 0 Å². The summed E-state index contributed by atoms with van der Waals surface area (Å²) in [7, 11) is 0. The van der Waals surface area contributed by atoms with Crippen molar-refractivity contribution in [2.24, 2.45) is 0 Å². The van der Waals surface area contributed by atoms with Crippen LogP contribution < -0.4 is 11.2 Å². The fourth-order valence-corrected chi connectivity index (χ4v) is 3.73. The third-order valence-electron chi connectivity index (χ3n) is 4.99. The van der Waals surface area contributed by atoms with E-state index in [0.29, 0.717) is 19.5 Å². The maximum atomic E-state index is 12.1. The van der Waals surface area contributed by atoms with Crippen LogP contribution in [0.3, 0.4) is 0 Å². The summed E-state index contributed by atoms with van der Waals surface area (Å²) in [5.41, 5.74) is 1.16. The minimum atomic E-state index is -0.308. The molecule has 0 spiro atoms. The quantitative estimate of drug-likeness (QED) is 0.906. The molecule has 2 aliphatic rings. The van der Waals surface area contributed by atoms with Crippen LogP contribution in [0, 0.1) is 0 Å². The Labute approximate surface area is 135 Å². The molecule has 1 aliphatic heterocycles. The second kappa shape index (κ2) is 7.15. The first kappa shape index (κ1) is 16.0. The molecule has 1 aliphatic carbocycles. The van der Waals surface area contributed by atoms with Crippen LogP contribution in [0.2, 0.25) is 0 Å². The first-order valence-corrected chi connectivity index (χ1v) is 8.79. The first-order chi connectivity index (χ1) is 11.2. The minimum Gasteiger partial charge on any atom is -0.343 e. The third kappa shape index (κ3) is 3.57. The second-order valence-electron chi connectivity index (χ2n) is 6.59. The summed E-state index contributed by atoms with van der Waals surface area (Å²) in [5.74, 6) is 0.235. The topological polar surface area (TPSA) is 75.2 Å². The van der Waals surface area contributed by atoms with E-state index in [2.05, 4.69) is 4.98 Å². The van der Waals surface area contributed by atoms with Crippen LogP contribution in [0.1, 0.15) is 56.2 Å². The predicted molar refractivity (Wildman–Crippen MR) is 87.6 cm³/mol. The highest BCUT2D eigenvalue weighted by atomic mass is 16.2. The molecule has 0 bridgehead atoms. The van der Waals surface area contributed by atoms with Gasteiger partial charge in [-0.15, -0.1) is 0 Å². The summed E-state index contributed by atoms with van der Waals surface area (Å²) < 4.78 is 1.72. The molecule has 1 aromatic rings. The highest BCUT2D eigenvalue weighted by Crippen LogP contribution is 2.17. The summed E-state index contributed by atoms with van der Waals surface area (Å²) in [6, 6.07) is 0. The number of fused-ring (bicyclic) bond motifs is 1. The Kier molecular flexibility index (Phi) is 4.98. The van der Waals surface area contributed by atoms with Gasteiger partial charge >= 0.3 is 5.69 Å². The Hall–Kier alpha value is -1.85. The molecule has 6 nitrogen and oxygen atoms in total. The van der Waals surface area contributed by atoms with E-state index in [1.54, 1.807) is 4.57 Å². The number of H-pyrrole nitrogens is 1. The van der Waals surface area contributed by atoms with Gasteiger partial charge in [0.25, 0.3) is 5.56 Å². The summed E-state index contributed by atoms with van der Waals surface area (Å²) >= 11 is 0. The lowest BCUT2D eigenvalue weighted by Crippen LogP contribution is -2.38. The van der Waals surface area contributed by atoms with Crippen molar-refractivity contribution in [1.29, 1.82) is 0 Å². The Morgan fingerprint density at radius 2 is 1.65 bits per heavy atom. The molecule has 0 aromatic carbocycles. The lowest BCUT2D eigenvalue weighted by Gasteiger charge is -2.22. The maximum absolute atomic E-state index is 12.1. The van der Waals surface area contributed by atoms with Gasteiger partial charge in [-0.2, -0.15) is 0 Å². The zero-order valence-electron chi connectivity index (χ0n) is 13.6. The van der Waals surface area contributed by atoms with Crippen LogP contribution in [-0.4, -0.2) is 33.4 Å². The van der Waals surface area contributed by atoms with Crippen molar-refractivity contribution in [3.8, 4) is 0 Å². The number of nitrogens with zero attached hydrogens (tertiary/aromatic N) is 2. The van der Waals surface area contributed by atoms with Gasteiger partial charge in [0.05, 0.1) is 0 Å². The van der Waals surface area contributed by atoms with Crippen LogP contribution in [-0.2, 0) is 24.2 Å². The number of hydrogen-bond donors (Lipinski definition) is 1. The van der Waals surface area contributed by atoms with E-state index in [-0.39, 0.29) is 17.2 Å². The largest absolute Gasteiger partial charge is 0.343 e. The van der Waals surface area contributed by atoms with Crippen molar-refractivity contribution in [3.63, 3.8) is 0 Å². The molecule has 2 heterocycles. The number of carbonyl (C=O) groups is 1. The molecule has 1 N–H and O–H groups in total. The van der Waals surface area contributed by atoms with Crippen molar-refractivity contribution < 1.29 is 4.79 Å². The molecule has 1 fully saturated rings. The number of aromatic amines is 1. The zero-order chi connectivity index (χ0) is 16.2. The SMILES string of the molecule is O=C1CCCCCN1CCCn1c2c(c(=O)[nH]c1=O)CCCC2. The van der Waals surface area contributed by atoms with Crippen LogP contribution in [0.25, 0.3) is 0 Å². The van der Waals surface area contributed by atoms with Crippen LogP contribution in [0.5, 0.6) is 0 Å². The number of aromatic nitrogens is 2. The number of rotatable bonds is 4. The molecule has 23 heavy (non-hydrogen) atoms. The van der Waals surface area contributed by atoms with Gasteiger partial charge in [0, 0.05) is 37.3 Å². The van der Waals surface area contributed by atoms with Gasteiger partial charge in [-0.05, 0) is 44.9 Å². The molecular formula is C17H25N3O3. The molecule has 0 unspecified atom stereocenters. The van der Waals surface area contributed by atoms with Crippen molar-refractivity contribution in [2.75, 3.05) is 13.1 Å². The van der Waals surface area contributed by atoms with Crippen LogP contribution in [0.15, 0.2) is 9.59 Å². The fraction of sp³-hybridized carbons (Fsp3) is 0.706. The Morgan fingerprint density at radius 1 is 0.870 bits per heavy atom. The maximum Gasteiger partial charge on any atom is 0.328 e. The van der Waals surface area contributed by atoms with Crippen molar-refractivity contribution in [3.05, 3.63) is 32.1 Å². The zero-order valence-corrected chi connectivity index (χ0v) is 13.6. The fourth-order valence-electron chi connectivity index (χ4n) is 3.73. The molecule has 1 aromatic heterocycles. The molecule has 0 atom stereocenters. The number of carbonyl (C=O) groups excluding carboxylic acids is 1. The Morgan fingerprint density at radius 3 is 2.52 bits per heavy atom. The Balaban J connectivity index is 1.70. The van der Waals surface area contributed by atoms with E-state index >= 15 is 0 Å². The summed E-state index contributed by atoms with van der Waals surface area (Å²) in [6.45, 7) is 2.10. The highest BCUT2D eigenvalue weighted by Gasteiger charge is 2.19. The van der Waals surface area contributed by atoms with E-state index < -0.39 is 0 Å². The van der Waals surface area contributed by atoms with Gasteiger partial charge < -0.3 is 4.90 Å². The van der Waals surface area contributed by atoms with E-state index in [9.17, 15) is 14.4 Å². The van der Waals surface area contributed by atoms with Crippen LogP contribution >= 0.6 is 0 Å². The first-order valence-electron chi connectivity index (χ1n) is 8.79. The van der Waals surface area contributed by atoms with Gasteiger partial charge in [-0.3, -0.25) is 19.1 Å². The normalized spacial score (nSPS) is 18.6. The molecular weight excluding hydrogens is 294 g/mol. The second-order valence-corrected chi connectivity index (χ2v) is 6.59. The summed E-state index contributed by atoms with van der Waals surface area (Å²) in [6.07, 6.45) is 8.18. The molecule has 1 amide bonds.